The number of hydrogen-bond donors (Lipinski definition) is 0. The monoisotopic (exact) mass is 208 g/mol. The zero-order chi connectivity index (χ0) is 9.97. The topological polar surface area (TPSA) is 31.2 Å². The summed E-state index contributed by atoms with van der Waals surface area (Å²) >= 11 is 6.06. The van der Waals surface area contributed by atoms with E-state index >= 15 is 0 Å². The van der Waals surface area contributed by atoms with Crippen LogP contribution < -0.4 is 5.32 Å². The van der Waals surface area contributed by atoms with Gasteiger partial charge >= 0.3 is 0 Å². The Bertz CT molecular complexity index is 351. The molecule has 1 fully saturated rings. The smallest absolute Gasteiger partial charge is 0.241 e. The Morgan fingerprint density at radius 1 is 1.36 bits per heavy atom. The van der Waals surface area contributed by atoms with E-state index in [1.807, 2.05) is 24.3 Å². The molecule has 1 atom stereocenters. The molecule has 0 aliphatic carbocycles. The van der Waals surface area contributed by atoms with E-state index in [0.717, 1.165) is 17.0 Å². The predicted molar refractivity (Wildman–Crippen MR) is 55.4 cm³/mol. The van der Waals surface area contributed by atoms with Gasteiger partial charge in [-0.05, 0) is 24.0 Å². The summed E-state index contributed by atoms with van der Waals surface area (Å²) in [5.41, 5.74) is 1.08. The highest BCUT2D eigenvalue weighted by atomic mass is 35.5. The standard InChI is InChI=1S/C11H11ClNO/c12-10-4-2-1-3-9(10)8-5-6-13-11(14)7-8/h1-4,8H,5-7H2. The Morgan fingerprint density at radius 3 is 2.86 bits per heavy atom. The van der Waals surface area contributed by atoms with E-state index in [-0.39, 0.29) is 11.8 Å². The number of rotatable bonds is 1. The van der Waals surface area contributed by atoms with Gasteiger partial charge in [-0.25, -0.2) is 0 Å². The third kappa shape index (κ3) is 1.90. The van der Waals surface area contributed by atoms with E-state index in [9.17, 15) is 4.79 Å². The summed E-state index contributed by atoms with van der Waals surface area (Å²) in [5.74, 6) is 0.259. The molecule has 0 aromatic heterocycles. The first-order valence-electron chi connectivity index (χ1n) is 4.72. The summed E-state index contributed by atoms with van der Waals surface area (Å²) in [4.78, 5) is 11.1. The summed E-state index contributed by atoms with van der Waals surface area (Å²) in [5, 5.41) is 4.61. The van der Waals surface area contributed by atoms with E-state index in [4.69, 9.17) is 11.6 Å². The minimum atomic E-state index is 0.00108. The van der Waals surface area contributed by atoms with Crippen LogP contribution in [-0.2, 0) is 4.79 Å². The number of piperidine rings is 1. The summed E-state index contributed by atoms with van der Waals surface area (Å²) in [7, 11) is 0. The van der Waals surface area contributed by atoms with Crippen LogP contribution >= 0.6 is 11.6 Å². The lowest BCUT2D eigenvalue weighted by atomic mass is 9.90. The molecule has 1 saturated heterocycles. The van der Waals surface area contributed by atoms with Gasteiger partial charge in [0.15, 0.2) is 0 Å². The van der Waals surface area contributed by atoms with Gasteiger partial charge < -0.3 is 0 Å². The Balaban J connectivity index is 2.22. The second-order valence-corrected chi connectivity index (χ2v) is 3.89. The highest BCUT2D eigenvalue weighted by Gasteiger charge is 2.22. The van der Waals surface area contributed by atoms with E-state index in [2.05, 4.69) is 5.32 Å². The Morgan fingerprint density at radius 2 is 2.14 bits per heavy atom. The highest BCUT2D eigenvalue weighted by Crippen LogP contribution is 2.31. The first kappa shape index (κ1) is 9.53. The van der Waals surface area contributed by atoms with Crippen molar-refractivity contribution < 1.29 is 4.79 Å². The molecular weight excluding hydrogens is 198 g/mol. The number of hydrogen-bond acceptors (Lipinski definition) is 1. The molecule has 0 N–H and O–H groups in total. The van der Waals surface area contributed by atoms with Gasteiger partial charge in [0, 0.05) is 18.0 Å². The van der Waals surface area contributed by atoms with Gasteiger partial charge in [-0.1, -0.05) is 29.8 Å². The lowest BCUT2D eigenvalue weighted by Gasteiger charge is -2.21. The van der Waals surface area contributed by atoms with Crippen LogP contribution in [0.15, 0.2) is 24.3 Å². The van der Waals surface area contributed by atoms with Crippen LogP contribution in [0.2, 0.25) is 5.02 Å². The zero-order valence-corrected chi connectivity index (χ0v) is 8.50. The van der Waals surface area contributed by atoms with Crippen molar-refractivity contribution in [2.75, 3.05) is 6.54 Å². The normalized spacial score (nSPS) is 21.8. The molecule has 0 spiro atoms. The maximum Gasteiger partial charge on any atom is 0.241 e. The number of halogens is 1. The summed E-state index contributed by atoms with van der Waals surface area (Å²) in [6.45, 7) is 0.634. The molecule has 2 nitrogen and oxygen atoms in total. The van der Waals surface area contributed by atoms with E-state index in [1.54, 1.807) is 0 Å². The fraction of sp³-hybridized carbons (Fsp3) is 0.364. The molecule has 1 aromatic carbocycles. The van der Waals surface area contributed by atoms with Crippen molar-refractivity contribution in [2.45, 2.75) is 18.8 Å². The lowest BCUT2D eigenvalue weighted by molar-refractivity contribution is -0.122. The van der Waals surface area contributed by atoms with Gasteiger partial charge in [0.25, 0.3) is 0 Å². The van der Waals surface area contributed by atoms with Gasteiger partial charge in [-0.3, -0.25) is 10.1 Å². The average molecular weight is 209 g/mol. The SMILES string of the molecule is O=C1CC(c2ccccc2Cl)CC[N]1. The Labute approximate surface area is 88.3 Å². The molecule has 1 aliphatic heterocycles. The summed E-state index contributed by atoms with van der Waals surface area (Å²) < 4.78 is 0. The van der Waals surface area contributed by atoms with E-state index in [0.29, 0.717) is 13.0 Å². The molecule has 1 heterocycles. The van der Waals surface area contributed by atoms with Crippen LogP contribution in [-0.4, -0.2) is 12.5 Å². The van der Waals surface area contributed by atoms with Crippen LogP contribution in [0.3, 0.4) is 0 Å². The minimum absolute atomic E-state index is 0.00108. The molecule has 1 radical (unpaired) electrons. The molecule has 73 valence electrons. The van der Waals surface area contributed by atoms with Gasteiger partial charge in [0.1, 0.15) is 0 Å². The second-order valence-electron chi connectivity index (χ2n) is 3.49. The maximum atomic E-state index is 11.1. The molecular formula is C11H11ClNO. The van der Waals surface area contributed by atoms with Crippen molar-refractivity contribution in [3.63, 3.8) is 0 Å². The zero-order valence-electron chi connectivity index (χ0n) is 7.74. The molecule has 1 aromatic rings. The van der Waals surface area contributed by atoms with Gasteiger partial charge in [-0.15, -0.1) is 0 Å². The summed E-state index contributed by atoms with van der Waals surface area (Å²) in [6, 6.07) is 7.72. The van der Waals surface area contributed by atoms with Crippen LogP contribution in [0.25, 0.3) is 0 Å². The Hall–Kier alpha value is -1.02. The minimum Gasteiger partial charge on any atom is -0.273 e. The number of carbonyl (C=O) groups excluding carboxylic acids is 1. The molecule has 14 heavy (non-hydrogen) atoms. The second kappa shape index (κ2) is 4.01. The summed E-state index contributed by atoms with van der Waals surface area (Å²) in [6.07, 6.45) is 1.43. The van der Waals surface area contributed by atoms with Crippen molar-refractivity contribution in [2.24, 2.45) is 0 Å². The van der Waals surface area contributed by atoms with Crippen molar-refractivity contribution in [1.82, 2.24) is 5.32 Å². The third-order valence-corrected chi connectivity index (χ3v) is 2.88. The third-order valence-electron chi connectivity index (χ3n) is 2.53. The lowest BCUT2D eigenvalue weighted by Crippen LogP contribution is -2.26. The number of benzene rings is 1. The van der Waals surface area contributed by atoms with Crippen molar-refractivity contribution >= 4 is 17.5 Å². The first-order chi connectivity index (χ1) is 6.77. The van der Waals surface area contributed by atoms with Crippen LogP contribution in [0.4, 0.5) is 0 Å². The molecule has 1 unspecified atom stereocenters. The van der Waals surface area contributed by atoms with Crippen LogP contribution in [0, 0.1) is 0 Å². The molecule has 0 bridgehead atoms. The van der Waals surface area contributed by atoms with E-state index in [1.165, 1.54) is 0 Å². The van der Waals surface area contributed by atoms with Crippen molar-refractivity contribution in [1.29, 1.82) is 0 Å². The van der Waals surface area contributed by atoms with Gasteiger partial charge in [0.2, 0.25) is 5.91 Å². The molecule has 1 aliphatic rings. The Kier molecular flexibility index (Phi) is 2.73. The highest BCUT2D eigenvalue weighted by molar-refractivity contribution is 6.31. The maximum absolute atomic E-state index is 11.1. The molecule has 3 heteroatoms. The molecule has 2 rings (SSSR count). The van der Waals surface area contributed by atoms with Gasteiger partial charge in [0.05, 0.1) is 0 Å². The van der Waals surface area contributed by atoms with Crippen molar-refractivity contribution in [3.8, 4) is 0 Å². The van der Waals surface area contributed by atoms with Crippen molar-refractivity contribution in [3.05, 3.63) is 34.9 Å². The first-order valence-corrected chi connectivity index (χ1v) is 5.10. The number of nitrogens with zero attached hydrogens (tertiary/aromatic N) is 1. The predicted octanol–water partition coefficient (Wildman–Crippen LogP) is 2.35. The molecule has 0 saturated carbocycles. The largest absolute Gasteiger partial charge is 0.273 e. The van der Waals surface area contributed by atoms with Gasteiger partial charge in [-0.2, -0.15) is 0 Å². The fourth-order valence-corrected chi connectivity index (χ4v) is 2.08. The van der Waals surface area contributed by atoms with Crippen LogP contribution in [0.1, 0.15) is 24.3 Å². The fourth-order valence-electron chi connectivity index (χ4n) is 1.79. The van der Waals surface area contributed by atoms with Crippen LogP contribution in [0.5, 0.6) is 0 Å². The number of amides is 1. The van der Waals surface area contributed by atoms with E-state index < -0.39 is 0 Å². The molecule has 1 amide bonds. The number of carbonyl (C=O) groups is 1. The quantitative estimate of drug-likeness (QED) is 0.697. The average Bonchev–Trinajstić information content (AvgIpc) is 2.18.